The zero-order valence-corrected chi connectivity index (χ0v) is 15.4. The van der Waals surface area contributed by atoms with Crippen molar-refractivity contribution < 1.29 is 9.72 Å². The number of anilines is 1. The monoisotopic (exact) mass is 374 g/mol. The highest BCUT2D eigenvalue weighted by Crippen LogP contribution is 2.32. The second kappa shape index (κ2) is 8.29. The van der Waals surface area contributed by atoms with E-state index in [9.17, 15) is 14.9 Å². The van der Waals surface area contributed by atoms with Gasteiger partial charge in [0.2, 0.25) is 5.91 Å². The highest BCUT2D eigenvalue weighted by Gasteiger charge is 2.25. The fourth-order valence-electron chi connectivity index (χ4n) is 3.13. The predicted molar refractivity (Wildman–Crippen MR) is 103 cm³/mol. The molecular weight excluding hydrogens is 352 g/mol. The van der Waals surface area contributed by atoms with E-state index in [2.05, 4.69) is 33.9 Å². The minimum atomic E-state index is -0.426. The molecule has 0 fully saturated rings. The topological polar surface area (TPSA) is 87.5 Å². The van der Waals surface area contributed by atoms with Crippen LogP contribution in [0, 0.1) is 10.1 Å². The molecule has 0 radical (unpaired) electrons. The molecule has 138 valence electrons. The molecule has 0 saturated carbocycles. The maximum atomic E-state index is 12.2. The minimum absolute atomic E-state index is 0.0148. The third-order valence-corrected chi connectivity index (χ3v) is 5.60. The van der Waals surface area contributed by atoms with Crippen molar-refractivity contribution in [3.8, 4) is 0 Å². The molecule has 1 aromatic carbocycles. The molecule has 2 N–H and O–H groups in total. The van der Waals surface area contributed by atoms with Gasteiger partial charge in [-0.05, 0) is 42.5 Å². The van der Waals surface area contributed by atoms with Gasteiger partial charge < -0.3 is 10.6 Å². The number of thiophene rings is 1. The molecular formula is C18H22N4O3S. The Morgan fingerprint density at radius 3 is 2.81 bits per heavy atom. The molecule has 2 heterocycles. The highest BCUT2D eigenvalue weighted by atomic mass is 32.1. The van der Waals surface area contributed by atoms with Crippen molar-refractivity contribution in [1.82, 2.24) is 10.2 Å². The molecule has 0 spiro atoms. The van der Waals surface area contributed by atoms with Gasteiger partial charge in [0.25, 0.3) is 5.69 Å². The van der Waals surface area contributed by atoms with Gasteiger partial charge in [0, 0.05) is 48.4 Å². The summed E-state index contributed by atoms with van der Waals surface area (Å²) in [7, 11) is 0. The van der Waals surface area contributed by atoms with E-state index >= 15 is 0 Å². The van der Waals surface area contributed by atoms with Gasteiger partial charge in [-0.1, -0.05) is 0 Å². The maximum absolute atomic E-state index is 12.2. The minimum Gasteiger partial charge on any atom is -0.383 e. The van der Waals surface area contributed by atoms with Crippen molar-refractivity contribution in [3.05, 3.63) is 56.3 Å². The van der Waals surface area contributed by atoms with E-state index in [-0.39, 0.29) is 17.6 Å². The molecule has 0 unspecified atom stereocenters. The first-order valence-corrected chi connectivity index (χ1v) is 9.48. The molecule has 1 aliphatic heterocycles. The first kappa shape index (κ1) is 18.3. The lowest BCUT2D eigenvalue weighted by Crippen LogP contribution is -2.42. The zero-order chi connectivity index (χ0) is 18.5. The molecule has 1 atom stereocenters. The Labute approximate surface area is 156 Å². The Hall–Kier alpha value is -2.45. The van der Waals surface area contributed by atoms with E-state index in [0.29, 0.717) is 19.6 Å². The summed E-state index contributed by atoms with van der Waals surface area (Å²) in [4.78, 5) is 26.0. The van der Waals surface area contributed by atoms with Crippen molar-refractivity contribution in [3.63, 3.8) is 0 Å². The van der Waals surface area contributed by atoms with Gasteiger partial charge in [-0.15, -0.1) is 11.3 Å². The Balaban J connectivity index is 1.39. The summed E-state index contributed by atoms with van der Waals surface area (Å²) in [5.41, 5.74) is 2.20. The number of benzene rings is 1. The third-order valence-electron chi connectivity index (χ3n) is 4.60. The summed E-state index contributed by atoms with van der Waals surface area (Å²) < 4.78 is 0. The van der Waals surface area contributed by atoms with Crippen molar-refractivity contribution in [1.29, 1.82) is 0 Å². The first-order chi connectivity index (χ1) is 12.5. The number of fused-ring (bicyclic) bond motifs is 1. The number of nitro groups is 1. The van der Waals surface area contributed by atoms with Crippen LogP contribution in [-0.2, 0) is 11.2 Å². The fourth-order valence-corrected chi connectivity index (χ4v) is 4.09. The lowest BCUT2D eigenvalue weighted by atomic mass is 10.0. The van der Waals surface area contributed by atoms with Crippen molar-refractivity contribution in [2.75, 3.05) is 31.5 Å². The van der Waals surface area contributed by atoms with E-state index in [1.807, 2.05) is 0 Å². The molecule has 3 rings (SSSR count). The molecule has 0 bridgehead atoms. The van der Waals surface area contributed by atoms with Crippen LogP contribution >= 0.6 is 11.3 Å². The average Bonchev–Trinajstić information content (AvgIpc) is 3.11. The second-order valence-electron chi connectivity index (χ2n) is 6.28. The summed E-state index contributed by atoms with van der Waals surface area (Å²) in [5.74, 6) is 0.0148. The second-order valence-corrected chi connectivity index (χ2v) is 7.28. The standard InChI is InChI=1S/C18H22N4O3S/c1-13-16-7-11-26-17(16)6-10-21(13)12-18(23)20-9-8-19-14-2-4-15(5-3-14)22(24)25/h2-5,7,11,13,19H,6,8-10,12H2,1H3,(H,20,23)/t13-/m1/s1. The van der Waals surface area contributed by atoms with Crippen LogP contribution in [0.4, 0.5) is 11.4 Å². The van der Waals surface area contributed by atoms with Crippen LogP contribution in [0.15, 0.2) is 35.7 Å². The molecule has 1 amide bonds. The van der Waals surface area contributed by atoms with Crippen LogP contribution in [0.25, 0.3) is 0 Å². The number of nitrogens with one attached hydrogen (secondary N) is 2. The quantitative estimate of drug-likeness (QED) is 0.442. The van der Waals surface area contributed by atoms with Gasteiger partial charge >= 0.3 is 0 Å². The van der Waals surface area contributed by atoms with E-state index in [1.54, 1.807) is 23.5 Å². The summed E-state index contributed by atoms with van der Waals surface area (Å²) >= 11 is 1.79. The van der Waals surface area contributed by atoms with Gasteiger partial charge in [-0.3, -0.25) is 19.8 Å². The summed E-state index contributed by atoms with van der Waals surface area (Å²) in [6.07, 6.45) is 1.01. The maximum Gasteiger partial charge on any atom is 0.269 e. The number of non-ortho nitro benzene ring substituents is 1. The smallest absolute Gasteiger partial charge is 0.269 e. The predicted octanol–water partition coefficient (Wildman–Crippen LogP) is 2.80. The van der Waals surface area contributed by atoms with Crippen molar-refractivity contribution in [2.24, 2.45) is 0 Å². The lowest BCUT2D eigenvalue weighted by Gasteiger charge is -2.32. The molecule has 1 aliphatic rings. The molecule has 0 aliphatic carbocycles. The number of hydrogen-bond donors (Lipinski definition) is 2. The Kier molecular flexibility index (Phi) is 5.85. The molecule has 2 aromatic rings. The number of amides is 1. The number of carbonyl (C=O) groups excluding carboxylic acids is 1. The lowest BCUT2D eigenvalue weighted by molar-refractivity contribution is -0.384. The van der Waals surface area contributed by atoms with Gasteiger partial charge in [0.15, 0.2) is 0 Å². The van der Waals surface area contributed by atoms with Crippen LogP contribution in [0.5, 0.6) is 0 Å². The molecule has 1 aromatic heterocycles. The molecule has 26 heavy (non-hydrogen) atoms. The Morgan fingerprint density at radius 2 is 2.08 bits per heavy atom. The Morgan fingerprint density at radius 1 is 1.31 bits per heavy atom. The highest BCUT2D eigenvalue weighted by molar-refractivity contribution is 7.10. The normalized spacial score (nSPS) is 16.7. The molecule has 7 nitrogen and oxygen atoms in total. The SMILES string of the molecule is C[C@@H]1c2ccsc2CCN1CC(=O)NCCNc1ccc([N+](=O)[O-])cc1. The zero-order valence-electron chi connectivity index (χ0n) is 14.6. The van der Waals surface area contributed by atoms with E-state index in [1.165, 1.54) is 22.6 Å². The van der Waals surface area contributed by atoms with E-state index < -0.39 is 4.92 Å². The van der Waals surface area contributed by atoms with Crippen LogP contribution in [0.3, 0.4) is 0 Å². The molecule has 8 heteroatoms. The fraction of sp³-hybridized carbons (Fsp3) is 0.389. The van der Waals surface area contributed by atoms with Crippen LogP contribution in [0.1, 0.15) is 23.4 Å². The van der Waals surface area contributed by atoms with Crippen LogP contribution in [0.2, 0.25) is 0 Å². The summed E-state index contributed by atoms with van der Waals surface area (Å²) in [5, 5.41) is 18.8. The summed E-state index contributed by atoms with van der Waals surface area (Å²) in [6, 6.07) is 8.66. The van der Waals surface area contributed by atoms with Crippen LogP contribution in [-0.4, -0.2) is 41.9 Å². The van der Waals surface area contributed by atoms with Gasteiger partial charge in [-0.2, -0.15) is 0 Å². The van der Waals surface area contributed by atoms with Crippen LogP contribution < -0.4 is 10.6 Å². The van der Waals surface area contributed by atoms with Crippen molar-refractivity contribution >= 4 is 28.6 Å². The molecule has 0 saturated heterocycles. The van der Waals surface area contributed by atoms with E-state index in [4.69, 9.17) is 0 Å². The van der Waals surface area contributed by atoms with Gasteiger partial charge in [-0.25, -0.2) is 0 Å². The number of nitro benzene ring substituents is 1. The van der Waals surface area contributed by atoms with Gasteiger partial charge in [0.1, 0.15) is 0 Å². The Bertz CT molecular complexity index is 775. The summed E-state index contributed by atoms with van der Waals surface area (Å²) in [6.45, 7) is 4.51. The number of carbonyl (C=O) groups is 1. The number of hydrogen-bond acceptors (Lipinski definition) is 6. The third kappa shape index (κ3) is 4.39. The number of nitrogens with zero attached hydrogens (tertiary/aromatic N) is 2. The van der Waals surface area contributed by atoms with Crippen molar-refractivity contribution in [2.45, 2.75) is 19.4 Å². The number of rotatable bonds is 7. The average molecular weight is 374 g/mol. The first-order valence-electron chi connectivity index (χ1n) is 8.60. The van der Waals surface area contributed by atoms with Gasteiger partial charge in [0.05, 0.1) is 11.5 Å². The van der Waals surface area contributed by atoms with E-state index in [0.717, 1.165) is 18.7 Å². The largest absolute Gasteiger partial charge is 0.383 e.